The lowest BCUT2D eigenvalue weighted by atomic mass is 10.1. The zero-order chi connectivity index (χ0) is 15.3. The van der Waals surface area contributed by atoms with Crippen molar-refractivity contribution in [3.63, 3.8) is 0 Å². The first-order valence-electron chi connectivity index (χ1n) is 6.01. The van der Waals surface area contributed by atoms with Gasteiger partial charge in [0, 0.05) is 11.3 Å². The highest BCUT2D eigenvalue weighted by Crippen LogP contribution is 2.10. The Balaban J connectivity index is 2.73. The average molecular weight is 279 g/mol. The number of primary amides is 1. The highest BCUT2D eigenvalue weighted by atomic mass is 16.4. The number of benzene rings is 1. The van der Waals surface area contributed by atoms with Gasteiger partial charge >= 0.3 is 12.0 Å². The number of carboxylic acid groups (broad SMARTS) is 1. The Hall–Kier alpha value is -2.57. The van der Waals surface area contributed by atoms with Crippen molar-refractivity contribution in [2.24, 2.45) is 11.7 Å². The van der Waals surface area contributed by atoms with Crippen LogP contribution in [0, 0.1) is 5.92 Å². The third-order valence-electron chi connectivity index (χ3n) is 2.62. The third-order valence-corrected chi connectivity index (χ3v) is 2.62. The Morgan fingerprint density at radius 3 is 2.40 bits per heavy atom. The molecular weight excluding hydrogens is 262 g/mol. The Labute approximate surface area is 116 Å². The second-order valence-electron chi connectivity index (χ2n) is 4.60. The minimum absolute atomic E-state index is 0.251. The van der Waals surface area contributed by atoms with E-state index in [-0.39, 0.29) is 11.5 Å². The highest BCUT2D eigenvalue weighted by molar-refractivity contribution is 5.96. The van der Waals surface area contributed by atoms with Gasteiger partial charge in [0.05, 0.1) is 0 Å². The van der Waals surface area contributed by atoms with Crippen LogP contribution in [0.15, 0.2) is 24.3 Å². The van der Waals surface area contributed by atoms with Crippen LogP contribution in [0.4, 0.5) is 10.5 Å². The second kappa shape index (κ2) is 6.55. The molecule has 1 unspecified atom stereocenters. The van der Waals surface area contributed by atoms with E-state index in [1.807, 2.05) is 0 Å². The van der Waals surface area contributed by atoms with E-state index in [9.17, 15) is 14.4 Å². The van der Waals surface area contributed by atoms with E-state index in [2.05, 4.69) is 10.6 Å². The van der Waals surface area contributed by atoms with Gasteiger partial charge in [0.1, 0.15) is 6.04 Å². The quantitative estimate of drug-likeness (QED) is 0.642. The fraction of sp³-hybridized carbons (Fsp3) is 0.308. The summed E-state index contributed by atoms with van der Waals surface area (Å²) in [6.07, 6.45) is 0. The molecule has 0 aliphatic carbocycles. The Bertz CT molecular complexity index is 528. The number of carbonyl (C=O) groups excluding carboxylic acids is 2. The standard InChI is InChI=1S/C13H17N3O4/c1-7(2)10(12(18)19)16-13(20)15-9-5-3-4-8(6-9)11(14)17/h3-7,10H,1-2H3,(H2,14,17)(H,18,19)(H2,15,16,20). The number of nitrogens with two attached hydrogens (primary N) is 1. The fourth-order valence-electron chi connectivity index (χ4n) is 1.57. The first kappa shape index (κ1) is 15.5. The van der Waals surface area contributed by atoms with Crippen molar-refractivity contribution in [3.05, 3.63) is 29.8 Å². The van der Waals surface area contributed by atoms with Crippen LogP contribution in [-0.4, -0.2) is 29.1 Å². The van der Waals surface area contributed by atoms with Gasteiger partial charge in [-0.15, -0.1) is 0 Å². The molecule has 5 N–H and O–H groups in total. The van der Waals surface area contributed by atoms with Crippen LogP contribution < -0.4 is 16.4 Å². The molecule has 7 heteroatoms. The predicted octanol–water partition coefficient (Wildman–Crippen LogP) is 1.02. The van der Waals surface area contributed by atoms with E-state index in [1.165, 1.54) is 12.1 Å². The van der Waals surface area contributed by atoms with Crippen LogP contribution >= 0.6 is 0 Å². The molecule has 0 bridgehead atoms. The average Bonchev–Trinajstić information content (AvgIpc) is 2.35. The van der Waals surface area contributed by atoms with Crippen LogP contribution in [0.25, 0.3) is 0 Å². The summed E-state index contributed by atoms with van der Waals surface area (Å²) < 4.78 is 0. The number of carbonyl (C=O) groups is 3. The molecule has 3 amide bonds. The largest absolute Gasteiger partial charge is 0.480 e. The summed E-state index contributed by atoms with van der Waals surface area (Å²) in [6.45, 7) is 3.37. The molecule has 0 heterocycles. The summed E-state index contributed by atoms with van der Waals surface area (Å²) in [5.74, 6) is -1.98. The highest BCUT2D eigenvalue weighted by Gasteiger charge is 2.23. The van der Waals surface area contributed by atoms with Crippen molar-refractivity contribution < 1.29 is 19.5 Å². The SMILES string of the molecule is CC(C)C(NC(=O)Nc1cccc(C(N)=O)c1)C(=O)O. The topological polar surface area (TPSA) is 122 Å². The molecule has 0 radical (unpaired) electrons. The smallest absolute Gasteiger partial charge is 0.326 e. The zero-order valence-electron chi connectivity index (χ0n) is 11.2. The maximum Gasteiger partial charge on any atom is 0.326 e. The Morgan fingerprint density at radius 1 is 1.25 bits per heavy atom. The zero-order valence-corrected chi connectivity index (χ0v) is 11.2. The van der Waals surface area contributed by atoms with Crippen LogP contribution in [0.5, 0.6) is 0 Å². The Kier molecular flexibility index (Phi) is 5.08. The van der Waals surface area contributed by atoms with Crippen molar-refractivity contribution >= 4 is 23.6 Å². The van der Waals surface area contributed by atoms with E-state index < -0.39 is 23.9 Å². The van der Waals surface area contributed by atoms with Crippen molar-refractivity contribution in [1.29, 1.82) is 0 Å². The molecule has 20 heavy (non-hydrogen) atoms. The van der Waals surface area contributed by atoms with E-state index in [1.54, 1.807) is 26.0 Å². The van der Waals surface area contributed by atoms with Gasteiger partial charge in [-0.25, -0.2) is 9.59 Å². The Morgan fingerprint density at radius 2 is 1.90 bits per heavy atom. The van der Waals surface area contributed by atoms with Crippen molar-refractivity contribution in [2.75, 3.05) is 5.32 Å². The van der Waals surface area contributed by atoms with E-state index in [4.69, 9.17) is 10.8 Å². The van der Waals surface area contributed by atoms with Crippen molar-refractivity contribution in [3.8, 4) is 0 Å². The van der Waals surface area contributed by atoms with Crippen molar-refractivity contribution in [2.45, 2.75) is 19.9 Å². The molecule has 0 fully saturated rings. The lowest BCUT2D eigenvalue weighted by Gasteiger charge is -2.18. The van der Waals surface area contributed by atoms with Crippen molar-refractivity contribution in [1.82, 2.24) is 5.32 Å². The summed E-state index contributed by atoms with van der Waals surface area (Å²) >= 11 is 0. The lowest BCUT2D eigenvalue weighted by Crippen LogP contribution is -2.46. The van der Waals surface area contributed by atoms with Gasteiger partial charge in [0.25, 0.3) is 0 Å². The molecule has 0 aliphatic rings. The normalized spacial score (nSPS) is 11.8. The monoisotopic (exact) mass is 279 g/mol. The number of amides is 3. The number of nitrogens with one attached hydrogen (secondary N) is 2. The molecule has 1 rings (SSSR count). The molecule has 0 saturated heterocycles. The first-order chi connectivity index (χ1) is 9.31. The molecule has 0 saturated carbocycles. The van der Waals surface area contributed by atoms with E-state index in [0.29, 0.717) is 5.69 Å². The molecule has 108 valence electrons. The molecule has 1 aromatic rings. The second-order valence-corrected chi connectivity index (χ2v) is 4.60. The number of carboxylic acids is 1. The predicted molar refractivity (Wildman–Crippen MR) is 73.4 cm³/mol. The molecule has 7 nitrogen and oxygen atoms in total. The summed E-state index contributed by atoms with van der Waals surface area (Å²) in [6, 6.07) is 4.40. The minimum atomic E-state index is -1.11. The van der Waals surface area contributed by atoms with Crippen LogP contribution in [0.1, 0.15) is 24.2 Å². The van der Waals surface area contributed by atoms with Gasteiger partial charge < -0.3 is 21.5 Å². The van der Waals surface area contributed by atoms with E-state index >= 15 is 0 Å². The number of aliphatic carboxylic acids is 1. The molecule has 0 aromatic heterocycles. The summed E-state index contributed by atoms with van der Waals surface area (Å²) in [5, 5.41) is 13.8. The van der Waals surface area contributed by atoms with Gasteiger partial charge in [0.2, 0.25) is 5.91 Å². The number of hydrogen-bond donors (Lipinski definition) is 4. The lowest BCUT2D eigenvalue weighted by molar-refractivity contribution is -0.140. The number of rotatable bonds is 5. The van der Waals surface area contributed by atoms with E-state index in [0.717, 1.165) is 0 Å². The summed E-state index contributed by atoms with van der Waals surface area (Å²) in [7, 11) is 0. The van der Waals surface area contributed by atoms with Gasteiger partial charge in [-0.1, -0.05) is 19.9 Å². The van der Waals surface area contributed by atoms with Gasteiger partial charge in [-0.3, -0.25) is 4.79 Å². The first-order valence-corrected chi connectivity index (χ1v) is 6.01. The van der Waals surface area contributed by atoms with Crippen LogP contribution in [0.2, 0.25) is 0 Å². The van der Waals surface area contributed by atoms with Crippen LogP contribution in [-0.2, 0) is 4.79 Å². The van der Waals surface area contributed by atoms with Crippen LogP contribution in [0.3, 0.4) is 0 Å². The van der Waals surface area contributed by atoms with Gasteiger partial charge in [-0.05, 0) is 24.1 Å². The number of hydrogen-bond acceptors (Lipinski definition) is 3. The maximum atomic E-state index is 11.7. The third kappa shape index (κ3) is 4.27. The van der Waals surface area contributed by atoms with Gasteiger partial charge in [-0.2, -0.15) is 0 Å². The maximum absolute atomic E-state index is 11.7. The fourth-order valence-corrected chi connectivity index (χ4v) is 1.57. The number of urea groups is 1. The molecular formula is C13H17N3O4. The molecule has 1 aromatic carbocycles. The molecule has 0 spiro atoms. The molecule has 1 atom stereocenters. The molecule has 0 aliphatic heterocycles. The summed E-state index contributed by atoms with van der Waals surface area (Å²) in [4.78, 5) is 33.7. The van der Waals surface area contributed by atoms with Gasteiger partial charge in [0.15, 0.2) is 0 Å². The minimum Gasteiger partial charge on any atom is -0.480 e. The number of anilines is 1. The summed E-state index contributed by atoms with van der Waals surface area (Å²) in [5.41, 5.74) is 5.73.